The molecule has 0 aliphatic carbocycles. The fourth-order valence-electron chi connectivity index (χ4n) is 4.97. The van der Waals surface area contributed by atoms with Crippen molar-refractivity contribution in [1.82, 2.24) is 20.1 Å². The number of hydrogen-bond acceptors (Lipinski definition) is 6. The Labute approximate surface area is 232 Å². The first-order valence-corrected chi connectivity index (χ1v) is 13.3. The van der Waals surface area contributed by atoms with Crippen molar-refractivity contribution in [1.29, 1.82) is 0 Å². The van der Waals surface area contributed by atoms with Gasteiger partial charge in [-0.05, 0) is 68.5 Å². The molecule has 1 N–H and O–H groups in total. The van der Waals surface area contributed by atoms with Crippen LogP contribution in [0.5, 0.6) is 5.75 Å². The standard InChI is InChI=1S/C30H32FN5O4/c1-30(2,22-10-13-39-14-11-22)12-9-20-7-8-26-25(16-20)35(3)28(37)24(19-40-26)34-29(38)36-18-21(17-32-36)15-23-5-4-6-27(31)33-23/h4-8,16-18,22,24H,10-11,13-15,19H2,1-3H3,(H,34,38). The molecule has 1 fully saturated rings. The molecule has 0 saturated carbocycles. The van der Waals surface area contributed by atoms with Crippen molar-refractivity contribution in [3.05, 3.63) is 71.6 Å². The van der Waals surface area contributed by atoms with Crippen molar-refractivity contribution in [2.24, 2.45) is 11.3 Å². The van der Waals surface area contributed by atoms with Gasteiger partial charge < -0.3 is 19.7 Å². The van der Waals surface area contributed by atoms with Gasteiger partial charge >= 0.3 is 6.03 Å². The van der Waals surface area contributed by atoms with Crippen molar-refractivity contribution in [3.8, 4) is 17.6 Å². The minimum absolute atomic E-state index is 0.0366. The van der Waals surface area contributed by atoms with Gasteiger partial charge in [-0.2, -0.15) is 14.2 Å². The minimum Gasteiger partial charge on any atom is -0.489 e. The number of pyridine rings is 1. The molecule has 1 saturated heterocycles. The first-order valence-electron chi connectivity index (χ1n) is 13.3. The van der Waals surface area contributed by atoms with Gasteiger partial charge in [0.2, 0.25) is 5.95 Å². The molecule has 2 aliphatic heterocycles. The second kappa shape index (κ2) is 11.5. The molecular weight excluding hydrogens is 513 g/mol. The molecule has 208 valence electrons. The highest BCUT2D eigenvalue weighted by atomic mass is 19.1. The molecule has 40 heavy (non-hydrogen) atoms. The van der Waals surface area contributed by atoms with Crippen LogP contribution in [-0.2, 0) is 16.0 Å². The molecule has 0 bridgehead atoms. The van der Waals surface area contributed by atoms with Gasteiger partial charge in [0.25, 0.3) is 5.91 Å². The van der Waals surface area contributed by atoms with Gasteiger partial charge in [0, 0.05) is 49.6 Å². The summed E-state index contributed by atoms with van der Waals surface area (Å²) in [6.45, 7) is 5.82. The molecule has 3 aromatic rings. The summed E-state index contributed by atoms with van der Waals surface area (Å²) >= 11 is 0. The largest absolute Gasteiger partial charge is 0.489 e. The van der Waals surface area contributed by atoms with E-state index in [-0.39, 0.29) is 17.9 Å². The molecule has 5 rings (SSSR count). The molecule has 4 heterocycles. The smallest absolute Gasteiger partial charge is 0.342 e. The lowest BCUT2D eigenvalue weighted by Crippen LogP contribution is -2.50. The second-order valence-corrected chi connectivity index (χ2v) is 10.7. The zero-order valence-corrected chi connectivity index (χ0v) is 22.8. The van der Waals surface area contributed by atoms with E-state index in [2.05, 4.69) is 41.1 Å². The lowest BCUT2D eigenvalue weighted by atomic mass is 9.75. The maximum absolute atomic E-state index is 13.4. The fraction of sp³-hybridized carbons (Fsp3) is 0.400. The average molecular weight is 546 g/mol. The maximum atomic E-state index is 13.4. The highest BCUT2D eigenvalue weighted by molar-refractivity contribution is 6.00. The number of fused-ring (bicyclic) bond motifs is 1. The summed E-state index contributed by atoms with van der Waals surface area (Å²) in [6.07, 6.45) is 5.33. The van der Waals surface area contributed by atoms with Gasteiger partial charge in [0.15, 0.2) is 0 Å². The SMILES string of the molecule is CN1C(=O)C(NC(=O)n2cc(Cc3cccc(F)n3)cn2)COc2ccc(C#CC(C)(C)C3CCOCC3)cc21. The van der Waals surface area contributed by atoms with Gasteiger partial charge in [-0.3, -0.25) is 4.79 Å². The maximum Gasteiger partial charge on any atom is 0.342 e. The minimum atomic E-state index is -0.926. The molecule has 1 atom stereocenters. The highest BCUT2D eigenvalue weighted by Gasteiger charge is 2.32. The van der Waals surface area contributed by atoms with Crippen LogP contribution in [0.1, 0.15) is 43.5 Å². The number of anilines is 1. The van der Waals surface area contributed by atoms with Crippen LogP contribution < -0.4 is 15.0 Å². The molecule has 9 nitrogen and oxygen atoms in total. The summed E-state index contributed by atoms with van der Waals surface area (Å²) in [5.74, 6) is 6.82. The number of rotatable bonds is 4. The van der Waals surface area contributed by atoms with Crippen molar-refractivity contribution in [3.63, 3.8) is 0 Å². The van der Waals surface area contributed by atoms with Gasteiger partial charge in [0.05, 0.1) is 11.9 Å². The number of carbonyl (C=O) groups is 2. The summed E-state index contributed by atoms with van der Waals surface area (Å²) in [7, 11) is 1.65. The van der Waals surface area contributed by atoms with E-state index < -0.39 is 18.0 Å². The molecule has 2 amide bonds. The van der Waals surface area contributed by atoms with Crippen LogP contribution in [0, 0.1) is 29.1 Å². The Morgan fingerprint density at radius 2 is 2.02 bits per heavy atom. The van der Waals surface area contributed by atoms with Crippen molar-refractivity contribution in [2.75, 3.05) is 31.8 Å². The van der Waals surface area contributed by atoms with Crippen LogP contribution in [0.15, 0.2) is 48.8 Å². The number of ether oxygens (including phenoxy) is 2. The Hall–Kier alpha value is -4.23. The summed E-state index contributed by atoms with van der Waals surface area (Å²) in [4.78, 5) is 31.5. The van der Waals surface area contributed by atoms with Gasteiger partial charge in [-0.25, -0.2) is 9.78 Å². The van der Waals surface area contributed by atoms with E-state index in [9.17, 15) is 14.0 Å². The van der Waals surface area contributed by atoms with E-state index in [0.717, 1.165) is 36.3 Å². The molecule has 0 radical (unpaired) electrons. The number of halogens is 1. The molecule has 0 spiro atoms. The number of nitrogens with zero attached hydrogens (tertiary/aromatic N) is 4. The molecule has 2 aromatic heterocycles. The zero-order valence-electron chi connectivity index (χ0n) is 22.8. The lowest BCUT2D eigenvalue weighted by Gasteiger charge is -2.32. The third-order valence-electron chi connectivity index (χ3n) is 7.43. The van der Waals surface area contributed by atoms with Gasteiger partial charge in [-0.15, -0.1) is 0 Å². The Balaban J connectivity index is 1.25. The molecular formula is C30H32FN5O4. The monoisotopic (exact) mass is 545 g/mol. The number of benzene rings is 1. The number of amides is 2. The van der Waals surface area contributed by atoms with Gasteiger partial charge in [-0.1, -0.05) is 17.9 Å². The quantitative estimate of drug-likeness (QED) is 0.396. The lowest BCUT2D eigenvalue weighted by molar-refractivity contribution is -0.120. The number of nitrogens with one attached hydrogen (secondary N) is 1. The van der Waals surface area contributed by atoms with Crippen LogP contribution in [-0.4, -0.2) is 59.6 Å². The van der Waals surface area contributed by atoms with Crippen LogP contribution in [0.25, 0.3) is 0 Å². The van der Waals surface area contributed by atoms with E-state index in [0.29, 0.717) is 35.0 Å². The molecule has 1 unspecified atom stereocenters. The zero-order chi connectivity index (χ0) is 28.3. The van der Waals surface area contributed by atoms with Crippen molar-refractivity contribution < 1.29 is 23.5 Å². The van der Waals surface area contributed by atoms with E-state index in [1.807, 2.05) is 12.1 Å². The Kier molecular flexibility index (Phi) is 7.85. The third kappa shape index (κ3) is 6.15. The summed E-state index contributed by atoms with van der Waals surface area (Å²) in [6, 6.07) is 8.54. The topological polar surface area (TPSA) is 98.6 Å². The van der Waals surface area contributed by atoms with E-state index >= 15 is 0 Å². The van der Waals surface area contributed by atoms with Gasteiger partial charge in [0.1, 0.15) is 18.4 Å². The van der Waals surface area contributed by atoms with E-state index in [1.165, 1.54) is 23.4 Å². The van der Waals surface area contributed by atoms with E-state index in [1.54, 1.807) is 25.2 Å². The Morgan fingerprint density at radius 1 is 1.23 bits per heavy atom. The average Bonchev–Trinajstić information content (AvgIpc) is 3.38. The third-order valence-corrected chi connectivity index (χ3v) is 7.43. The van der Waals surface area contributed by atoms with Crippen molar-refractivity contribution in [2.45, 2.75) is 39.2 Å². The molecule has 2 aliphatic rings. The normalized spacial score (nSPS) is 17.8. The van der Waals surface area contributed by atoms with Crippen LogP contribution >= 0.6 is 0 Å². The number of hydrogen-bond donors (Lipinski definition) is 1. The number of aromatic nitrogens is 3. The number of likely N-dealkylation sites (N-methyl/N-ethyl adjacent to an activating group) is 1. The fourth-order valence-corrected chi connectivity index (χ4v) is 4.97. The Bertz CT molecular complexity index is 1470. The summed E-state index contributed by atoms with van der Waals surface area (Å²) in [5, 5.41) is 6.79. The van der Waals surface area contributed by atoms with Crippen LogP contribution in [0.2, 0.25) is 0 Å². The van der Waals surface area contributed by atoms with Crippen LogP contribution in [0.3, 0.4) is 0 Å². The Morgan fingerprint density at radius 3 is 2.80 bits per heavy atom. The van der Waals surface area contributed by atoms with Crippen LogP contribution in [0.4, 0.5) is 14.9 Å². The highest BCUT2D eigenvalue weighted by Crippen LogP contribution is 2.35. The first-order chi connectivity index (χ1) is 19.2. The second-order valence-electron chi connectivity index (χ2n) is 10.7. The summed E-state index contributed by atoms with van der Waals surface area (Å²) in [5.41, 5.74) is 2.39. The van der Waals surface area contributed by atoms with E-state index in [4.69, 9.17) is 9.47 Å². The molecule has 10 heteroatoms. The molecule has 1 aromatic carbocycles. The van der Waals surface area contributed by atoms with Crippen molar-refractivity contribution >= 4 is 17.6 Å². The predicted octanol–water partition coefficient (Wildman–Crippen LogP) is 3.79. The number of carbonyl (C=O) groups excluding carboxylic acids is 2. The predicted molar refractivity (Wildman–Crippen MR) is 146 cm³/mol. The summed E-state index contributed by atoms with van der Waals surface area (Å²) < 4.78 is 25.9. The first kappa shape index (κ1) is 27.3.